The van der Waals surface area contributed by atoms with E-state index >= 15 is 0 Å². The van der Waals surface area contributed by atoms with E-state index in [4.69, 9.17) is 0 Å². The Morgan fingerprint density at radius 2 is 2.36 bits per heavy atom. The fraction of sp³-hybridized carbons (Fsp3) is 0.600. The summed E-state index contributed by atoms with van der Waals surface area (Å²) in [7, 11) is 0. The minimum atomic E-state index is 0.616. The van der Waals surface area contributed by atoms with Crippen LogP contribution >= 0.6 is 0 Å². The van der Waals surface area contributed by atoms with Gasteiger partial charge in [0.05, 0.1) is 0 Å². The Hall–Kier alpha value is -0.560. The van der Waals surface area contributed by atoms with E-state index < -0.39 is 0 Å². The Balaban J connectivity index is 2.04. The van der Waals surface area contributed by atoms with E-state index in [9.17, 15) is 0 Å². The molecule has 0 aromatic heterocycles. The highest BCUT2D eigenvalue weighted by Crippen LogP contribution is 2.12. The summed E-state index contributed by atoms with van der Waals surface area (Å²) in [5.74, 6) is 0. The molecule has 0 atom stereocenters. The minimum Gasteiger partial charge on any atom is -0.314 e. The molecule has 1 heteroatoms. The van der Waals surface area contributed by atoms with Gasteiger partial charge in [0, 0.05) is 6.04 Å². The molecule has 1 aliphatic carbocycles. The first-order valence-electron chi connectivity index (χ1n) is 4.37. The Labute approximate surface area is 69.2 Å². The smallest absolute Gasteiger partial charge is 0.00105 e. The summed E-state index contributed by atoms with van der Waals surface area (Å²) in [6.45, 7) is 5.48. The quantitative estimate of drug-likeness (QED) is 0.650. The van der Waals surface area contributed by atoms with E-state index in [1.54, 1.807) is 5.57 Å². The van der Waals surface area contributed by atoms with Crippen molar-refractivity contribution in [3.05, 3.63) is 23.8 Å². The van der Waals surface area contributed by atoms with Gasteiger partial charge in [0.1, 0.15) is 0 Å². The highest BCUT2D eigenvalue weighted by molar-refractivity contribution is 5.22. The standard InChI is InChI=1S/C10H17N/c1-9(2)11-8-7-10-5-3-4-6-10/h3-5,9,11H,6-8H2,1-2H3. The summed E-state index contributed by atoms with van der Waals surface area (Å²) >= 11 is 0. The molecule has 0 aromatic rings. The zero-order chi connectivity index (χ0) is 8.10. The third-order valence-electron chi connectivity index (χ3n) is 1.85. The summed E-state index contributed by atoms with van der Waals surface area (Å²) in [5.41, 5.74) is 1.55. The molecule has 0 bridgehead atoms. The predicted molar refractivity (Wildman–Crippen MR) is 49.6 cm³/mol. The van der Waals surface area contributed by atoms with Crippen molar-refractivity contribution in [2.45, 2.75) is 32.7 Å². The fourth-order valence-electron chi connectivity index (χ4n) is 1.20. The highest BCUT2D eigenvalue weighted by atomic mass is 14.9. The maximum atomic E-state index is 3.40. The van der Waals surface area contributed by atoms with E-state index in [1.807, 2.05) is 0 Å². The van der Waals surface area contributed by atoms with E-state index in [0.717, 1.165) is 6.54 Å². The van der Waals surface area contributed by atoms with Gasteiger partial charge in [-0.3, -0.25) is 0 Å². The maximum Gasteiger partial charge on any atom is 0.00105 e. The molecule has 1 rings (SSSR count). The lowest BCUT2D eigenvalue weighted by Crippen LogP contribution is -2.23. The van der Waals surface area contributed by atoms with Crippen molar-refractivity contribution in [1.82, 2.24) is 5.32 Å². The van der Waals surface area contributed by atoms with Gasteiger partial charge < -0.3 is 5.32 Å². The highest BCUT2D eigenvalue weighted by Gasteiger charge is 1.98. The van der Waals surface area contributed by atoms with Gasteiger partial charge in [0.25, 0.3) is 0 Å². The van der Waals surface area contributed by atoms with Crippen LogP contribution in [0.5, 0.6) is 0 Å². The first-order valence-corrected chi connectivity index (χ1v) is 4.37. The lowest BCUT2D eigenvalue weighted by atomic mass is 10.1. The van der Waals surface area contributed by atoms with Crippen molar-refractivity contribution in [3.8, 4) is 0 Å². The second-order valence-corrected chi connectivity index (χ2v) is 3.32. The molecule has 0 heterocycles. The van der Waals surface area contributed by atoms with E-state index in [0.29, 0.717) is 6.04 Å². The molecule has 0 unspecified atom stereocenters. The number of rotatable bonds is 4. The van der Waals surface area contributed by atoms with E-state index in [2.05, 4.69) is 37.4 Å². The van der Waals surface area contributed by atoms with Crippen LogP contribution in [0.15, 0.2) is 23.8 Å². The topological polar surface area (TPSA) is 12.0 Å². The molecule has 0 radical (unpaired) electrons. The third-order valence-corrected chi connectivity index (χ3v) is 1.85. The molecule has 0 aliphatic heterocycles. The molecule has 0 aromatic carbocycles. The minimum absolute atomic E-state index is 0.616. The van der Waals surface area contributed by atoms with Crippen LogP contribution in [0.4, 0.5) is 0 Å². The second kappa shape index (κ2) is 4.35. The molecule has 0 fully saturated rings. The van der Waals surface area contributed by atoms with Crippen LogP contribution in [0.2, 0.25) is 0 Å². The van der Waals surface area contributed by atoms with Crippen LogP contribution < -0.4 is 5.32 Å². The average molecular weight is 151 g/mol. The van der Waals surface area contributed by atoms with Gasteiger partial charge >= 0.3 is 0 Å². The molecular formula is C10H17N. The van der Waals surface area contributed by atoms with Gasteiger partial charge in [0.15, 0.2) is 0 Å². The van der Waals surface area contributed by atoms with Crippen molar-refractivity contribution in [1.29, 1.82) is 0 Å². The summed E-state index contributed by atoms with van der Waals surface area (Å²) in [6.07, 6.45) is 8.95. The van der Waals surface area contributed by atoms with Gasteiger partial charge in [0.2, 0.25) is 0 Å². The van der Waals surface area contributed by atoms with Crippen molar-refractivity contribution >= 4 is 0 Å². The van der Waals surface area contributed by atoms with Crippen LogP contribution in [0.25, 0.3) is 0 Å². The molecule has 0 saturated heterocycles. The summed E-state index contributed by atoms with van der Waals surface area (Å²) in [6, 6.07) is 0.616. The number of nitrogens with one attached hydrogen (secondary N) is 1. The van der Waals surface area contributed by atoms with Crippen LogP contribution in [0.3, 0.4) is 0 Å². The van der Waals surface area contributed by atoms with Crippen molar-refractivity contribution in [2.75, 3.05) is 6.54 Å². The van der Waals surface area contributed by atoms with Crippen LogP contribution in [0, 0.1) is 0 Å². The van der Waals surface area contributed by atoms with Crippen LogP contribution in [-0.2, 0) is 0 Å². The number of allylic oxidation sites excluding steroid dienone is 3. The number of hydrogen-bond acceptors (Lipinski definition) is 1. The zero-order valence-corrected chi connectivity index (χ0v) is 7.43. The van der Waals surface area contributed by atoms with Crippen molar-refractivity contribution < 1.29 is 0 Å². The van der Waals surface area contributed by atoms with Gasteiger partial charge in [-0.15, -0.1) is 0 Å². The Morgan fingerprint density at radius 3 is 2.91 bits per heavy atom. The van der Waals surface area contributed by atoms with Gasteiger partial charge in [-0.1, -0.05) is 37.6 Å². The molecule has 62 valence electrons. The Kier molecular flexibility index (Phi) is 3.37. The van der Waals surface area contributed by atoms with Gasteiger partial charge in [-0.25, -0.2) is 0 Å². The van der Waals surface area contributed by atoms with Crippen LogP contribution in [-0.4, -0.2) is 12.6 Å². The lowest BCUT2D eigenvalue weighted by Gasteiger charge is -2.07. The summed E-state index contributed by atoms with van der Waals surface area (Å²) in [5, 5.41) is 3.40. The summed E-state index contributed by atoms with van der Waals surface area (Å²) in [4.78, 5) is 0. The maximum absolute atomic E-state index is 3.40. The first kappa shape index (κ1) is 8.54. The molecule has 1 aliphatic rings. The Morgan fingerprint density at radius 1 is 1.55 bits per heavy atom. The fourth-order valence-corrected chi connectivity index (χ4v) is 1.20. The van der Waals surface area contributed by atoms with Crippen molar-refractivity contribution in [2.24, 2.45) is 0 Å². The van der Waals surface area contributed by atoms with Gasteiger partial charge in [-0.2, -0.15) is 0 Å². The molecule has 1 nitrogen and oxygen atoms in total. The molecule has 1 N–H and O–H groups in total. The second-order valence-electron chi connectivity index (χ2n) is 3.32. The van der Waals surface area contributed by atoms with E-state index in [-0.39, 0.29) is 0 Å². The van der Waals surface area contributed by atoms with Crippen LogP contribution in [0.1, 0.15) is 26.7 Å². The largest absolute Gasteiger partial charge is 0.314 e. The lowest BCUT2D eigenvalue weighted by molar-refractivity contribution is 0.588. The third kappa shape index (κ3) is 3.38. The predicted octanol–water partition coefficient (Wildman–Crippen LogP) is 2.26. The molecular weight excluding hydrogens is 134 g/mol. The zero-order valence-electron chi connectivity index (χ0n) is 7.43. The SMILES string of the molecule is CC(C)NCCC1=CC=CC1. The number of hydrogen-bond donors (Lipinski definition) is 1. The van der Waals surface area contributed by atoms with Crippen molar-refractivity contribution in [3.63, 3.8) is 0 Å². The summed E-state index contributed by atoms with van der Waals surface area (Å²) < 4.78 is 0. The monoisotopic (exact) mass is 151 g/mol. The average Bonchev–Trinajstić information content (AvgIpc) is 2.39. The molecule has 0 amide bonds. The first-order chi connectivity index (χ1) is 5.29. The van der Waals surface area contributed by atoms with E-state index in [1.165, 1.54) is 12.8 Å². The van der Waals surface area contributed by atoms with Gasteiger partial charge in [-0.05, 0) is 19.4 Å². The molecule has 11 heavy (non-hydrogen) atoms. The normalized spacial score (nSPS) is 16.1. The molecule has 0 saturated carbocycles. The Bertz CT molecular complexity index is 166. The molecule has 0 spiro atoms.